The molecule has 1 amide bonds. The molecule has 0 aliphatic heterocycles. The number of thiophene rings is 1. The number of carbonyl (C=O) groups excluding carboxylic acids is 1. The van der Waals surface area contributed by atoms with Gasteiger partial charge in [0, 0.05) is 27.6 Å². The summed E-state index contributed by atoms with van der Waals surface area (Å²) >= 11 is 4.87. The average molecular weight is 357 g/mol. The van der Waals surface area contributed by atoms with Crippen LogP contribution in [0, 0.1) is 0 Å². The fourth-order valence-electron chi connectivity index (χ4n) is 2.14. The molecule has 2 aromatic rings. The van der Waals surface area contributed by atoms with Gasteiger partial charge in [0.1, 0.15) is 4.88 Å². The first-order chi connectivity index (χ1) is 9.60. The third kappa shape index (κ3) is 2.82. The van der Waals surface area contributed by atoms with Crippen molar-refractivity contribution >= 4 is 48.9 Å². The maximum Gasteiger partial charge on any atom is 0.266 e. The Morgan fingerprint density at radius 1 is 1.45 bits per heavy atom. The molecule has 0 aliphatic carbocycles. The van der Waals surface area contributed by atoms with Gasteiger partial charge in [-0.2, -0.15) is 0 Å². The molecule has 0 radical (unpaired) electrons. The molecule has 4 nitrogen and oxygen atoms in total. The minimum Gasteiger partial charge on any atom is -0.397 e. The molecule has 0 fully saturated rings. The zero-order valence-electron chi connectivity index (χ0n) is 11.2. The number of nitrogen functional groups attached to an aromatic ring is 1. The summed E-state index contributed by atoms with van der Waals surface area (Å²) in [4.78, 5) is 14.8. The van der Waals surface area contributed by atoms with Gasteiger partial charge < -0.3 is 15.7 Å². The van der Waals surface area contributed by atoms with Gasteiger partial charge in [-0.1, -0.05) is 28.9 Å². The highest BCUT2D eigenvalue weighted by molar-refractivity contribution is 9.10. The van der Waals surface area contributed by atoms with Crippen LogP contribution in [0.1, 0.15) is 23.0 Å². The predicted molar refractivity (Wildman–Crippen MR) is 87.2 cm³/mol. The number of anilines is 1. The number of aliphatic hydroxyl groups excluding tert-OH is 1. The molecule has 1 aromatic heterocycles. The van der Waals surface area contributed by atoms with Crippen LogP contribution in [-0.2, 0) is 0 Å². The summed E-state index contributed by atoms with van der Waals surface area (Å²) in [5.41, 5.74) is 6.66. The molecule has 1 aromatic carbocycles. The number of aliphatic hydroxyl groups is 1. The van der Waals surface area contributed by atoms with E-state index in [1.165, 1.54) is 11.3 Å². The van der Waals surface area contributed by atoms with E-state index >= 15 is 0 Å². The second-order valence-corrected chi connectivity index (χ2v) is 6.38. The quantitative estimate of drug-likeness (QED) is 0.864. The molecular weight excluding hydrogens is 340 g/mol. The van der Waals surface area contributed by atoms with Gasteiger partial charge in [-0.05, 0) is 18.6 Å². The third-order valence-corrected chi connectivity index (χ3v) is 4.87. The standard InChI is InChI=1S/C14H17BrN2O2S/c1-2-6-17(7-8-18)14(19)13-12(16)11-9(15)4-3-5-10(11)20-13/h3-5,18H,2,6-8,16H2,1H3. The molecule has 20 heavy (non-hydrogen) atoms. The Hall–Kier alpha value is -1.11. The van der Waals surface area contributed by atoms with E-state index in [1.807, 2.05) is 25.1 Å². The van der Waals surface area contributed by atoms with Crippen LogP contribution >= 0.6 is 27.3 Å². The Morgan fingerprint density at radius 3 is 2.80 bits per heavy atom. The molecule has 0 saturated carbocycles. The van der Waals surface area contributed by atoms with Crippen molar-refractivity contribution in [3.05, 3.63) is 27.5 Å². The van der Waals surface area contributed by atoms with Crippen LogP contribution in [0.25, 0.3) is 10.1 Å². The fraction of sp³-hybridized carbons (Fsp3) is 0.357. The normalized spacial score (nSPS) is 10.9. The van der Waals surface area contributed by atoms with Gasteiger partial charge in [-0.3, -0.25) is 4.79 Å². The largest absolute Gasteiger partial charge is 0.397 e. The van der Waals surface area contributed by atoms with Crippen LogP contribution in [-0.4, -0.2) is 35.6 Å². The van der Waals surface area contributed by atoms with Gasteiger partial charge in [-0.15, -0.1) is 11.3 Å². The summed E-state index contributed by atoms with van der Waals surface area (Å²) in [6.45, 7) is 2.92. The van der Waals surface area contributed by atoms with Crippen LogP contribution in [0.2, 0.25) is 0 Å². The Morgan fingerprint density at radius 2 is 2.20 bits per heavy atom. The monoisotopic (exact) mass is 356 g/mol. The first-order valence-corrected chi connectivity index (χ1v) is 8.07. The van der Waals surface area contributed by atoms with E-state index in [0.717, 1.165) is 21.0 Å². The zero-order chi connectivity index (χ0) is 14.7. The highest BCUT2D eigenvalue weighted by atomic mass is 79.9. The number of carbonyl (C=O) groups is 1. The molecule has 108 valence electrons. The van der Waals surface area contributed by atoms with Crippen LogP contribution in [0.5, 0.6) is 0 Å². The Balaban J connectivity index is 2.44. The molecule has 0 aliphatic rings. The maximum atomic E-state index is 12.6. The molecule has 0 saturated heterocycles. The SMILES string of the molecule is CCCN(CCO)C(=O)c1sc2cccc(Br)c2c1N. The van der Waals surface area contributed by atoms with E-state index < -0.39 is 0 Å². The zero-order valence-corrected chi connectivity index (χ0v) is 13.6. The van der Waals surface area contributed by atoms with Crippen LogP contribution in [0.4, 0.5) is 5.69 Å². The summed E-state index contributed by atoms with van der Waals surface area (Å²) in [5.74, 6) is -0.105. The number of hydrogen-bond acceptors (Lipinski definition) is 4. The second kappa shape index (κ2) is 6.56. The molecule has 1 heterocycles. The lowest BCUT2D eigenvalue weighted by atomic mass is 10.2. The summed E-state index contributed by atoms with van der Waals surface area (Å²) in [6.07, 6.45) is 0.847. The van der Waals surface area contributed by atoms with Crippen molar-refractivity contribution in [2.24, 2.45) is 0 Å². The van der Waals surface area contributed by atoms with Gasteiger partial charge in [0.05, 0.1) is 12.3 Å². The van der Waals surface area contributed by atoms with Gasteiger partial charge >= 0.3 is 0 Å². The van der Waals surface area contributed by atoms with Crippen LogP contribution in [0.15, 0.2) is 22.7 Å². The van der Waals surface area contributed by atoms with E-state index in [0.29, 0.717) is 23.7 Å². The molecule has 6 heteroatoms. The maximum absolute atomic E-state index is 12.6. The highest BCUT2D eigenvalue weighted by Gasteiger charge is 2.22. The van der Waals surface area contributed by atoms with Gasteiger partial charge in [0.15, 0.2) is 0 Å². The predicted octanol–water partition coefficient (Wildman–Crippen LogP) is 3.09. The summed E-state index contributed by atoms with van der Waals surface area (Å²) < 4.78 is 1.88. The van der Waals surface area contributed by atoms with Crippen LogP contribution in [0.3, 0.4) is 0 Å². The van der Waals surface area contributed by atoms with Crippen molar-refractivity contribution in [1.82, 2.24) is 4.90 Å². The lowest BCUT2D eigenvalue weighted by Gasteiger charge is -2.20. The number of amides is 1. The molecule has 0 spiro atoms. The van der Waals surface area contributed by atoms with Crippen molar-refractivity contribution in [2.75, 3.05) is 25.4 Å². The Labute approximate surface area is 130 Å². The molecule has 0 unspecified atom stereocenters. The Bertz CT molecular complexity index is 621. The lowest BCUT2D eigenvalue weighted by Crippen LogP contribution is -2.34. The van der Waals surface area contributed by atoms with Crippen molar-refractivity contribution in [3.63, 3.8) is 0 Å². The number of rotatable bonds is 5. The average Bonchev–Trinajstić information content (AvgIpc) is 2.76. The number of halogens is 1. The first-order valence-electron chi connectivity index (χ1n) is 6.46. The summed E-state index contributed by atoms with van der Waals surface area (Å²) in [6, 6.07) is 5.79. The molecule has 2 rings (SSSR count). The first kappa shape index (κ1) is 15.3. The Kier molecular flexibility index (Phi) is 5.01. The molecule has 0 atom stereocenters. The van der Waals surface area contributed by atoms with E-state index in [9.17, 15) is 4.79 Å². The second-order valence-electron chi connectivity index (χ2n) is 4.47. The summed E-state index contributed by atoms with van der Waals surface area (Å²) in [5, 5.41) is 9.97. The smallest absolute Gasteiger partial charge is 0.266 e. The molecule has 0 bridgehead atoms. The van der Waals surface area contributed by atoms with Gasteiger partial charge in [0.2, 0.25) is 0 Å². The summed E-state index contributed by atoms with van der Waals surface area (Å²) in [7, 11) is 0. The van der Waals surface area contributed by atoms with E-state index in [1.54, 1.807) is 4.90 Å². The third-order valence-electron chi connectivity index (χ3n) is 3.05. The molecular formula is C14H17BrN2O2S. The minimum atomic E-state index is -0.105. The fourth-order valence-corrected chi connectivity index (χ4v) is 3.97. The van der Waals surface area contributed by atoms with Crippen molar-refractivity contribution in [1.29, 1.82) is 0 Å². The number of hydrogen-bond donors (Lipinski definition) is 2. The number of fused-ring (bicyclic) bond motifs is 1. The number of nitrogens with two attached hydrogens (primary N) is 1. The van der Waals surface area contributed by atoms with Crippen molar-refractivity contribution in [2.45, 2.75) is 13.3 Å². The topological polar surface area (TPSA) is 66.6 Å². The lowest BCUT2D eigenvalue weighted by molar-refractivity contribution is 0.0728. The van der Waals surface area contributed by atoms with E-state index in [4.69, 9.17) is 10.8 Å². The highest BCUT2D eigenvalue weighted by Crippen LogP contribution is 2.38. The van der Waals surface area contributed by atoms with Gasteiger partial charge in [-0.25, -0.2) is 0 Å². The molecule has 3 N–H and O–H groups in total. The van der Waals surface area contributed by atoms with Crippen LogP contribution < -0.4 is 5.73 Å². The van der Waals surface area contributed by atoms with E-state index in [-0.39, 0.29) is 12.5 Å². The number of nitrogens with zero attached hydrogens (tertiary/aromatic N) is 1. The van der Waals surface area contributed by atoms with Crippen molar-refractivity contribution in [3.8, 4) is 0 Å². The van der Waals surface area contributed by atoms with Crippen molar-refractivity contribution < 1.29 is 9.90 Å². The van der Waals surface area contributed by atoms with Gasteiger partial charge in [0.25, 0.3) is 5.91 Å². The van der Waals surface area contributed by atoms with E-state index in [2.05, 4.69) is 15.9 Å². The number of benzene rings is 1. The minimum absolute atomic E-state index is 0.0414.